The molecule has 5 nitrogen and oxygen atoms in total. The third kappa shape index (κ3) is 4.86. The van der Waals surface area contributed by atoms with Gasteiger partial charge in [0.05, 0.1) is 0 Å². The number of fused-ring (bicyclic) bond motifs is 5. The first-order valence-electron chi connectivity index (χ1n) is 16.0. The summed E-state index contributed by atoms with van der Waals surface area (Å²) in [5, 5.41) is 4.05. The zero-order valence-corrected chi connectivity index (χ0v) is 25.9. The van der Waals surface area contributed by atoms with E-state index >= 15 is 0 Å². The van der Waals surface area contributed by atoms with Gasteiger partial charge in [0, 0.05) is 49.9 Å². The van der Waals surface area contributed by atoms with Crippen LogP contribution in [0.4, 0.5) is 17.1 Å². The van der Waals surface area contributed by atoms with Crippen LogP contribution in [0.25, 0.3) is 66.9 Å². The Kier molecular flexibility index (Phi) is 6.72. The number of hydrogen-bond acceptors (Lipinski definition) is 5. The molecule has 5 heteroatoms. The normalized spacial score (nSPS) is 11.3. The Morgan fingerprint density at radius 1 is 0.417 bits per heavy atom. The molecule has 226 valence electrons. The van der Waals surface area contributed by atoms with E-state index in [9.17, 15) is 0 Å². The van der Waals surface area contributed by atoms with Gasteiger partial charge in [0.1, 0.15) is 11.2 Å². The van der Waals surface area contributed by atoms with Crippen LogP contribution in [0.5, 0.6) is 0 Å². The first kappa shape index (κ1) is 27.7. The van der Waals surface area contributed by atoms with Crippen molar-refractivity contribution in [1.82, 2.24) is 15.0 Å². The minimum Gasteiger partial charge on any atom is -0.455 e. The summed E-state index contributed by atoms with van der Waals surface area (Å²) < 4.78 is 6.71. The first-order valence-corrected chi connectivity index (χ1v) is 16.0. The molecule has 2 aromatic heterocycles. The van der Waals surface area contributed by atoms with Crippen molar-refractivity contribution in [3.05, 3.63) is 170 Å². The number of nitrogens with zero attached hydrogens (tertiary/aromatic N) is 4. The molecule has 0 N–H and O–H groups in total. The molecule has 0 fully saturated rings. The zero-order valence-electron chi connectivity index (χ0n) is 25.9. The summed E-state index contributed by atoms with van der Waals surface area (Å²) in [6, 6.07) is 57.9. The molecule has 0 atom stereocenters. The van der Waals surface area contributed by atoms with Crippen LogP contribution in [0.15, 0.2) is 174 Å². The SMILES string of the molecule is c1ccc(-c2nc(-c3ccccc3)nc(-c3cc4ccccc4c4oc5ccc(N(c6ccccc6)c6ccccc6)cc5c34)n2)cc1. The van der Waals surface area contributed by atoms with Gasteiger partial charge in [-0.25, -0.2) is 15.0 Å². The molecule has 0 saturated heterocycles. The van der Waals surface area contributed by atoms with Crippen LogP contribution in [0, 0.1) is 0 Å². The van der Waals surface area contributed by atoms with Gasteiger partial charge in [0.25, 0.3) is 0 Å². The fourth-order valence-corrected chi connectivity index (χ4v) is 6.45. The van der Waals surface area contributed by atoms with E-state index in [-0.39, 0.29) is 0 Å². The van der Waals surface area contributed by atoms with Gasteiger partial charge in [0.2, 0.25) is 0 Å². The maximum absolute atomic E-state index is 6.71. The number of anilines is 3. The number of aromatic nitrogens is 3. The van der Waals surface area contributed by atoms with Crippen molar-refractivity contribution >= 4 is 49.8 Å². The minimum absolute atomic E-state index is 0.592. The lowest BCUT2D eigenvalue weighted by molar-refractivity contribution is 0.672. The maximum Gasteiger partial charge on any atom is 0.164 e. The molecular formula is C43H28N4O. The summed E-state index contributed by atoms with van der Waals surface area (Å²) in [5.41, 5.74) is 7.51. The zero-order chi connectivity index (χ0) is 31.9. The molecule has 0 aliphatic rings. The molecule has 0 saturated carbocycles. The highest BCUT2D eigenvalue weighted by Crippen LogP contribution is 2.43. The Labute approximate surface area is 277 Å². The van der Waals surface area contributed by atoms with Crippen LogP contribution < -0.4 is 4.90 Å². The molecule has 7 aromatic carbocycles. The average Bonchev–Trinajstić information content (AvgIpc) is 3.55. The predicted octanol–water partition coefficient (Wildman–Crippen LogP) is 11.4. The monoisotopic (exact) mass is 616 g/mol. The smallest absolute Gasteiger partial charge is 0.164 e. The fourth-order valence-electron chi connectivity index (χ4n) is 6.45. The maximum atomic E-state index is 6.71. The molecule has 0 radical (unpaired) electrons. The highest BCUT2D eigenvalue weighted by atomic mass is 16.3. The Balaban J connectivity index is 1.34. The molecule has 0 aliphatic carbocycles. The molecule has 0 bridgehead atoms. The van der Waals surface area contributed by atoms with Crippen LogP contribution in [-0.2, 0) is 0 Å². The molecule has 0 spiro atoms. The van der Waals surface area contributed by atoms with E-state index in [0.29, 0.717) is 17.5 Å². The van der Waals surface area contributed by atoms with Gasteiger partial charge in [-0.1, -0.05) is 121 Å². The standard InChI is InChI=1S/C43H28N4O/c1-5-15-29(16-6-1)41-44-42(30-17-7-2-8-18-30)46-43(45-41)37-27-31-19-13-14-24-35(31)40-39(37)36-28-34(25-26-38(36)48-40)47(32-20-9-3-10-21-32)33-22-11-4-12-23-33/h1-28H. The van der Waals surface area contributed by atoms with E-state index in [2.05, 4.69) is 102 Å². The van der Waals surface area contributed by atoms with E-state index in [0.717, 1.165) is 66.5 Å². The van der Waals surface area contributed by atoms with E-state index in [1.54, 1.807) is 0 Å². The fraction of sp³-hybridized carbons (Fsp3) is 0. The van der Waals surface area contributed by atoms with Crippen LogP contribution >= 0.6 is 0 Å². The predicted molar refractivity (Wildman–Crippen MR) is 196 cm³/mol. The van der Waals surface area contributed by atoms with Crippen molar-refractivity contribution < 1.29 is 4.42 Å². The quantitative estimate of drug-likeness (QED) is 0.186. The molecule has 0 amide bonds. The second-order valence-electron chi connectivity index (χ2n) is 11.7. The Morgan fingerprint density at radius 2 is 0.938 bits per heavy atom. The topological polar surface area (TPSA) is 55.1 Å². The van der Waals surface area contributed by atoms with Gasteiger partial charge in [0.15, 0.2) is 17.5 Å². The van der Waals surface area contributed by atoms with Crippen LogP contribution in [0.2, 0.25) is 0 Å². The van der Waals surface area contributed by atoms with Crippen molar-refractivity contribution in [1.29, 1.82) is 0 Å². The van der Waals surface area contributed by atoms with Gasteiger partial charge in [-0.05, 0) is 53.9 Å². The molecule has 48 heavy (non-hydrogen) atoms. The Morgan fingerprint density at radius 3 is 1.54 bits per heavy atom. The van der Waals surface area contributed by atoms with Crippen LogP contribution in [0.3, 0.4) is 0 Å². The molecule has 9 rings (SSSR count). The largest absolute Gasteiger partial charge is 0.455 e. The van der Waals surface area contributed by atoms with Gasteiger partial charge in [-0.3, -0.25) is 0 Å². The summed E-state index contributed by atoms with van der Waals surface area (Å²) in [6.07, 6.45) is 0. The second kappa shape index (κ2) is 11.6. The van der Waals surface area contributed by atoms with Crippen molar-refractivity contribution in [2.24, 2.45) is 0 Å². The summed E-state index contributed by atoms with van der Waals surface area (Å²) in [4.78, 5) is 17.5. The van der Waals surface area contributed by atoms with Crippen molar-refractivity contribution in [3.63, 3.8) is 0 Å². The van der Waals surface area contributed by atoms with Gasteiger partial charge >= 0.3 is 0 Å². The lowest BCUT2D eigenvalue weighted by Crippen LogP contribution is -2.09. The number of hydrogen-bond donors (Lipinski definition) is 0. The van der Waals surface area contributed by atoms with Crippen LogP contribution in [0.1, 0.15) is 0 Å². The third-order valence-electron chi connectivity index (χ3n) is 8.67. The van der Waals surface area contributed by atoms with E-state index in [1.165, 1.54) is 0 Å². The van der Waals surface area contributed by atoms with E-state index < -0.39 is 0 Å². The summed E-state index contributed by atoms with van der Waals surface area (Å²) in [5.74, 6) is 1.83. The van der Waals surface area contributed by atoms with E-state index in [4.69, 9.17) is 19.4 Å². The lowest BCUT2D eigenvalue weighted by atomic mass is 9.99. The summed E-state index contributed by atoms with van der Waals surface area (Å²) in [7, 11) is 0. The number of para-hydroxylation sites is 2. The molecule has 0 aliphatic heterocycles. The number of benzene rings is 7. The lowest BCUT2D eigenvalue weighted by Gasteiger charge is -2.25. The summed E-state index contributed by atoms with van der Waals surface area (Å²) in [6.45, 7) is 0. The van der Waals surface area contributed by atoms with Crippen molar-refractivity contribution in [3.8, 4) is 34.2 Å². The average molecular weight is 617 g/mol. The van der Waals surface area contributed by atoms with E-state index in [1.807, 2.05) is 72.8 Å². The first-order chi connectivity index (χ1) is 23.8. The third-order valence-corrected chi connectivity index (χ3v) is 8.67. The van der Waals surface area contributed by atoms with Gasteiger partial charge < -0.3 is 9.32 Å². The summed E-state index contributed by atoms with van der Waals surface area (Å²) >= 11 is 0. The molecule has 0 unspecified atom stereocenters. The molecule has 9 aromatic rings. The van der Waals surface area contributed by atoms with Crippen LogP contribution in [-0.4, -0.2) is 15.0 Å². The van der Waals surface area contributed by atoms with Gasteiger partial charge in [-0.15, -0.1) is 0 Å². The Bertz CT molecular complexity index is 2450. The van der Waals surface area contributed by atoms with Gasteiger partial charge in [-0.2, -0.15) is 0 Å². The second-order valence-corrected chi connectivity index (χ2v) is 11.7. The molecule has 2 heterocycles. The van der Waals surface area contributed by atoms with Crippen molar-refractivity contribution in [2.75, 3.05) is 4.90 Å². The number of furan rings is 1. The van der Waals surface area contributed by atoms with Crippen molar-refractivity contribution in [2.45, 2.75) is 0 Å². The Hall–Kier alpha value is -6.59. The highest BCUT2D eigenvalue weighted by Gasteiger charge is 2.22. The minimum atomic E-state index is 0.592. The molecular weight excluding hydrogens is 589 g/mol. The number of rotatable bonds is 6. The highest BCUT2D eigenvalue weighted by molar-refractivity contribution is 6.21.